The number of hydrogen-bond acceptors (Lipinski definition) is 2. The van der Waals surface area contributed by atoms with E-state index in [0.29, 0.717) is 0 Å². The molecule has 1 saturated carbocycles. The highest BCUT2D eigenvalue weighted by Crippen LogP contribution is 2.43. The number of carbonyl (C=O) groups excluding carboxylic acids is 1. The second kappa shape index (κ2) is 3.29. The highest BCUT2D eigenvalue weighted by atomic mass is 19.4. The molecule has 0 bridgehead atoms. The first-order chi connectivity index (χ1) is 5.94. The minimum atomic E-state index is -4.57. The Morgan fingerprint density at radius 2 is 2.15 bits per heavy atom. The van der Waals surface area contributed by atoms with Crippen LogP contribution in [0, 0.1) is 0 Å². The van der Waals surface area contributed by atoms with Crippen molar-refractivity contribution in [2.24, 2.45) is 0 Å². The molecule has 76 valence electrons. The Morgan fingerprint density at radius 3 is 2.46 bits per heavy atom. The first-order valence-electron chi connectivity index (χ1n) is 4.18. The third-order valence-electron chi connectivity index (χ3n) is 2.23. The molecule has 0 aliphatic heterocycles. The number of ether oxygens (including phenoxy) is 1. The summed E-state index contributed by atoms with van der Waals surface area (Å²) in [4.78, 5) is 11.1. The lowest BCUT2D eigenvalue weighted by Gasteiger charge is -2.29. The van der Waals surface area contributed by atoms with E-state index in [-0.39, 0.29) is 25.9 Å². The lowest BCUT2D eigenvalue weighted by molar-refractivity contribution is -0.261. The van der Waals surface area contributed by atoms with Gasteiger partial charge in [0, 0.05) is 13.0 Å². The van der Waals surface area contributed by atoms with Gasteiger partial charge >= 0.3 is 6.18 Å². The maximum absolute atomic E-state index is 12.5. The van der Waals surface area contributed by atoms with E-state index < -0.39 is 17.6 Å². The maximum Gasteiger partial charge on any atom is 0.424 e. The smallest absolute Gasteiger partial charge is 0.359 e. The zero-order valence-electron chi connectivity index (χ0n) is 7.28. The number of hydrogen-bond donors (Lipinski definition) is 0. The van der Waals surface area contributed by atoms with Crippen molar-refractivity contribution in [3.05, 3.63) is 0 Å². The second-order valence-electron chi connectivity index (χ2n) is 3.03. The molecule has 5 heteroatoms. The van der Waals surface area contributed by atoms with Gasteiger partial charge < -0.3 is 4.74 Å². The van der Waals surface area contributed by atoms with Crippen LogP contribution in [-0.4, -0.2) is 24.2 Å². The van der Waals surface area contributed by atoms with Crippen LogP contribution in [0.5, 0.6) is 0 Å². The highest BCUT2D eigenvalue weighted by Gasteiger charge is 2.62. The van der Waals surface area contributed by atoms with E-state index in [0.717, 1.165) is 0 Å². The molecule has 1 atom stereocenters. The monoisotopic (exact) mass is 196 g/mol. The van der Waals surface area contributed by atoms with Gasteiger partial charge in [-0.05, 0) is 19.8 Å². The van der Waals surface area contributed by atoms with Crippen molar-refractivity contribution >= 4 is 5.78 Å². The molecule has 0 spiro atoms. The third-order valence-corrected chi connectivity index (χ3v) is 2.23. The minimum Gasteiger partial charge on any atom is -0.359 e. The van der Waals surface area contributed by atoms with E-state index in [1.807, 2.05) is 0 Å². The molecule has 1 rings (SSSR count). The van der Waals surface area contributed by atoms with Gasteiger partial charge in [-0.1, -0.05) is 0 Å². The number of carbonyl (C=O) groups is 1. The van der Waals surface area contributed by atoms with Crippen LogP contribution in [0.3, 0.4) is 0 Å². The Balaban J connectivity index is 2.93. The molecule has 0 saturated heterocycles. The fourth-order valence-corrected chi connectivity index (χ4v) is 1.62. The van der Waals surface area contributed by atoms with E-state index >= 15 is 0 Å². The molecule has 0 heterocycles. The third kappa shape index (κ3) is 1.57. The fraction of sp³-hybridized carbons (Fsp3) is 0.875. The van der Waals surface area contributed by atoms with Crippen LogP contribution in [0.4, 0.5) is 13.2 Å². The van der Waals surface area contributed by atoms with Crippen LogP contribution in [0.1, 0.15) is 26.2 Å². The number of Topliss-reactive ketones (excluding diaryl/α,β-unsaturated/α-hetero) is 1. The summed E-state index contributed by atoms with van der Waals surface area (Å²) in [6.07, 6.45) is -4.57. The Morgan fingerprint density at radius 1 is 1.54 bits per heavy atom. The summed E-state index contributed by atoms with van der Waals surface area (Å²) in [5.74, 6) is -0.832. The topological polar surface area (TPSA) is 26.3 Å². The van der Waals surface area contributed by atoms with Crippen LogP contribution < -0.4 is 0 Å². The van der Waals surface area contributed by atoms with Gasteiger partial charge in [0.2, 0.25) is 5.60 Å². The van der Waals surface area contributed by atoms with E-state index in [9.17, 15) is 18.0 Å². The van der Waals surface area contributed by atoms with Crippen molar-refractivity contribution in [1.29, 1.82) is 0 Å². The van der Waals surface area contributed by atoms with Crippen molar-refractivity contribution in [3.63, 3.8) is 0 Å². The summed E-state index contributed by atoms with van der Waals surface area (Å²) in [6.45, 7) is 1.37. The van der Waals surface area contributed by atoms with Crippen LogP contribution in [-0.2, 0) is 9.53 Å². The van der Waals surface area contributed by atoms with Crippen LogP contribution in [0.2, 0.25) is 0 Å². The molecular formula is C8H11F3O2. The van der Waals surface area contributed by atoms with Gasteiger partial charge in [0.15, 0.2) is 5.78 Å². The van der Waals surface area contributed by atoms with Crippen molar-refractivity contribution in [2.45, 2.75) is 38.0 Å². The molecule has 1 unspecified atom stereocenters. The van der Waals surface area contributed by atoms with Crippen molar-refractivity contribution < 1.29 is 22.7 Å². The molecule has 1 fully saturated rings. The Bertz CT molecular complexity index is 212. The van der Waals surface area contributed by atoms with Crippen LogP contribution >= 0.6 is 0 Å². The first-order valence-corrected chi connectivity index (χ1v) is 4.18. The molecular weight excluding hydrogens is 185 g/mol. The largest absolute Gasteiger partial charge is 0.424 e. The predicted molar refractivity (Wildman–Crippen MR) is 39.3 cm³/mol. The first kappa shape index (κ1) is 10.5. The normalized spacial score (nSPS) is 29.7. The van der Waals surface area contributed by atoms with Gasteiger partial charge in [0.05, 0.1) is 0 Å². The van der Waals surface area contributed by atoms with E-state index in [1.54, 1.807) is 0 Å². The van der Waals surface area contributed by atoms with Crippen LogP contribution in [0.15, 0.2) is 0 Å². The summed E-state index contributed by atoms with van der Waals surface area (Å²) in [6, 6.07) is 0. The lowest BCUT2D eigenvalue weighted by Crippen LogP contribution is -2.51. The maximum atomic E-state index is 12.5. The summed E-state index contributed by atoms with van der Waals surface area (Å²) >= 11 is 0. The van der Waals surface area contributed by atoms with Crippen LogP contribution in [0.25, 0.3) is 0 Å². The molecule has 0 aromatic heterocycles. The van der Waals surface area contributed by atoms with Gasteiger partial charge in [-0.15, -0.1) is 0 Å². The molecule has 0 aromatic rings. The number of halogens is 3. The standard InChI is InChI=1S/C8H11F3O2/c1-2-13-7(8(9,10)11)5-3-4-6(7)12/h2-5H2,1H3. The molecule has 0 amide bonds. The molecule has 1 aliphatic rings. The fourth-order valence-electron chi connectivity index (χ4n) is 1.62. The molecule has 2 nitrogen and oxygen atoms in total. The molecule has 0 radical (unpaired) electrons. The van der Waals surface area contributed by atoms with E-state index in [4.69, 9.17) is 0 Å². The van der Waals surface area contributed by atoms with Crippen molar-refractivity contribution in [1.82, 2.24) is 0 Å². The Hall–Kier alpha value is -0.580. The highest BCUT2D eigenvalue weighted by molar-refractivity contribution is 5.90. The second-order valence-corrected chi connectivity index (χ2v) is 3.03. The van der Waals surface area contributed by atoms with Crippen molar-refractivity contribution in [2.75, 3.05) is 6.61 Å². The summed E-state index contributed by atoms with van der Waals surface area (Å²) in [5, 5.41) is 0. The van der Waals surface area contributed by atoms with Gasteiger partial charge in [-0.25, -0.2) is 0 Å². The van der Waals surface area contributed by atoms with Crippen molar-refractivity contribution in [3.8, 4) is 0 Å². The van der Waals surface area contributed by atoms with E-state index in [1.165, 1.54) is 6.92 Å². The predicted octanol–water partition coefficient (Wildman–Crippen LogP) is 2.08. The van der Waals surface area contributed by atoms with Gasteiger partial charge in [0.25, 0.3) is 0 Å². The minimum absolute atomic E-state index is 0.0283. The van der Waals surface area contributed by atoms with Gasteiger partial charge in [-0.2, -0.15) is 13.2 Å². The van der Waals surface area contributed by atoms with E-state index in [2.05, 4.69) is 4.74 Å². The molecule has 0 N–H and O–H groups in total. The average Bonchev–Trinajstić information content (AvgIpc) is 2.33. The number of rotatable bonds is 2. The molecule has 1 aliphatic carbocycles. The lowest BCUT2D eigenvalue weighted by atomic mass is 10.0. The summed E-state index contributed by atoms with van der Waals surface area (Å²) < 4.78 is 42.1. The Kier molecular flexibility index (Phi) is 2.66. The average molecular weight is 196 g/mol. The van der Waals surface area contributed by atoms with Gasteiger partial charge in [-0.3, -0.25) is 4.79 Å². The van der Waals surface area contributed by atoms with Gasteiger partial charge in [0.1, 0.15) is 0 Å². The molecule has 0 aromatic carbocycles. The molecule has 13 heavy (non-hydrogen) atoms. The zero-order chi connectivity index (χ0) is 10.1. The summed E-state index contributed by atoms with van der Waals surface area (Å²) in [5.41, 5.74) is -2.50. The quantitative estimate of drug-likeness (QED) is 0.675. The SMILES string of the molecule is CCOC1(C(F)(F)F)CCCC1=O. The summed E-state index contributed by atoms with van der Waals surface area (Å²) in [7, 11) is 0. The number of alkyl halides is 3. The number of ketones is 1. The Labute approximate surface area is 74.1 Å². The zero-order valence-corrected chi connectivity index (χ0v) is 7.28.